The zero-order valence-corrected chi connectivity index (χ0v) is 10.2. The summed E-state index contributed by atoms with van der Waals surface area (Å²) in [6.45, 7) is 3.17. The Hall–Kier alpha value is -0.570. The number of rotatable bonds is 4. The van der Waals surface area contributed by atoms with Gasteiger partial charge in [0.2, 0.25) is 5.91 Å². The van der Waals surface area contributed by atoms with Crippen LogP contribution in [0.25, 0.3) is 0 Å². The monoisotopic (exact) mass is 224 g/mol. The van der Waals surface area contributed by atoms with Gasteiger partial charge in [-0.1, -0.05) is 6.42 Å². The Labute approximate surface area is 98.6 Å². The zero-order valence-electron chi connectivity index (χ0n) is 10.2. The number of carbonyl (C=O) groups is 1. The number of carbonyl (C=O) groups excluding carboxylic acids is 1. The van der Waals surface area contributed by atoms with Crippen molar-refractivity contribution in [1.29, 1.82) is 0 Å². The number of nitrogens with one attached hydrogen (secondary N) is 1. The molecular weight excluding hydrogens is 200 g/mol. The van der Waals surface area contributed by atoms with Crippen molar-refractivity contribution < 1.29 is 4.79 Å². The molecule has 92 valence electrons. The SMILES string of the molecule is O=C(CCCC1CCCCN1)N1CCCC1. The summed E-state index contributed by atoms with van der Waals surface area (Å²) in [5.41, 5.74) is 0. The minimum Gasteiger partial charge on any atom is -0.343 e. The fourth-order valence-electron chi connectivity index (χ4n) is 2.79. The van der Waals surface area contributed by atoms with Gasteiger partial charge in [0.1, 0.15) is 0 Å². The van der Waals surface area contributed by atoms with E-state index in [1.807, 2.05) is 4.90 Å². The summed E-state index contributed by atoms with van der Waals surface area (Å²) < 4.78 is 0. The normalized spacial score (nSPS) is 26.0. The van der Waals surface area contributed by atoms with Gasteiger partial charge in [-0.15, -0.1) is 0 Å². The summed E-state index contributed by atoms with van der Waals surface area (Å²) >= 11 is 0. The molecule has 1 N–H and O–H groups in total. The molecule has 1 atom stereocenters. The summed E-state index contributed by atoms with van der Waals surface area (Å²) in [5, 5.41) is 3.54. The first kappa shape index (κ1) is 11.9. The quantitative estimate of drug-likeness (QED) is 0.791. The Balaban J connectivity index is 1.57. The Morgan fingerprint density at radius 1 is 1.19 bits per heavy atom. The Morgan fingerprint density at radius 3 is 2.69 bits per heavy atom. The van der Waals surface area contributed by atoms with E-state index in [-0.39, 0.29) is 0 Å². The van der Waals surface area contributed by atoms with Crippen LogP contribution in [0.1, 0.15) is 51.4 Å². The van der Waals surface area contributed by atoms with Crippen LogP contribution in [0.2, 0.25) is 0 Å². The molecule has 2 aliphatic heterocycles. The van der Waals surface area contributed by atoms with E-state index in [9.17, 15) is 4.79 Å². The lowest BCUT2D eigenvalue weighted by atomic mass is 9.99. The molecule has 0 bridgehead atoms. The molecule has 0 aromatic heterocycles. The van der Waals surface area contributed by atoms with Crippen LogP contribution >= 0.6 is 0 Å². The Bertz CT molecular complexity index is 218. The van der Waals surface area contributed by atoms with Crippen molar-refractivity contribution in [3.05, 3.63) is 0 Å². The minimum absolute atomic E-state index is 0.383. The first-order valence-electron chi connectivity index (χ1n) is 6.87. The number of nitrogens with zero attached hydrogens (tertiary/aromatic N) is 1. The largest absolute Gasteiger partial charge is 0.343 e. The second kappa shape index (κ2) is 6.24. The maximum absolute atomic E-state index is 11.8. The minimum atomic E-state index is 0.383. The standard InChI is InChI=1S/C13H24N2O/c16-13(15-10-3-4-11-15)8-5-7-12-6-1-2-9-14-12/h12,14H,1-11H2. The van der Waals surface area contributed by atoms with Gasteiger partial charge < -0.3 is 10.2 Å². The van der Waals surface area contributed by atoms with Crippen LogP contribution < -0.4 is 5.32 Å². The van der Waals surface area contributed by atoms with Crippen molar-refractivity contribution in [2.24, 2.45) is 0 Å². The van der Waals surface area contributed by atoms with E-state index in [1.165, 1.54) is 45.1 Å². The van der Waals surface area contributed by atoms with Crippen LogP contribution in [0.5, 0.6) is 0 Å². The maximum atomic E-state index is 11.8. The third kappa shape index (κ3) is 3.48. The van der Waals surface area contributed by atoms with E-state index < -0.39 is 0 Å². The van der Waals surface area contributed by atoms with E-state index in [2.05, 4.69) is 5.32 Å². The second-order valence-electron chi connectivity index (χ2n) is 5.13. The molecule has 0 aromatic rings. The molecule has 2 fully saturated rings. The van der Waals surface area contributed by atoms with Crippen LogP contribution in [0, 0.1) is 0 Å². The molecule has 2 saturated heterocycles. The smallest absolute Gasteiger partial charge is 0.222 e. The number of hydrogen-bond donors (Lipinski definition) is 1. The highest BCUT2D eigenvalue weighted by molar-refractivity contribution is 5.76. The van der Waals surface area contributed by atoms with Crippen molar-refractivity contribution in [3.63, 3.8) is 0 Å². The third-order valence-electron chi connectivity index (χ3n) is 3.81. The fourth-order valence-corrected chi connectivity index (χ4v) is 2.79. The first-order chi connectivity index (χ1) is 7.86. The van der Waals surface area contributed by atoms with Gasteiger partial charge in [0.25, 0.3) is 0 Å². The highest BCUT2D eigenvalue weighted by Crippen LogP contribution is 2.15. The molecule has 0 radical (unpaired) electrons. The number of hydrogen-bond acceptors (Lipinski definition) is 2. The van der Waals surface area contributed by atoms with Gasteiger partial charge in [-0.3, -0.25) is 4.79 Å². The van der Waals surface area contributed by atoms with Crippen molar-refractivity contribution >= 4 is 5.91 Å². The molecule has 0 aromatic carbocycles. The van der Waals surface area contributed by atoms with Gasteiger partial charge in [-0.25, -0.2) is 0 Å². The van der Waals surface area contributed by atoms with Gasteiger partial charge in [-0.2, -0.15) is 0 Å². The molecule has 0 saturated carbocycles. The third-order valence-corrected chi connectivity index (χ3v) is 3.81. The van der Waals surface area contributed by atoms with Crippen molar-refractivity contribution in [2.45, 2.75) is 57.4 Å². The van der Waals surface area contributed by atoms with Gasteiger partial charge in [0, 0.05) is 25.6 Å². The van der Waals surface area contributed by atoms with Crippen molar-refractivity contribution in [1.82, 2.24) is 10.2 Å². The molecule has 1 unspecified atom stereocenters. The molecule has 0 aliphatic carbocycles. The lowest BCUT2D eigenvalue weighted by Crippen LogP contribution is -2.34. The summed E-state index contributed by atoms with van der Waals surface area (Å²) in [6.07, 6.45) is 9.40. The number of piperidine rings is 1. The highest BCUT2D eigenvalue weighted by Gasteiger charge is 2.18. The van der Waals surface area contributed by atoms with Gasteiger partial charge >= 0.3 is 0 Å². The second-order valence-corrected chi connectivity index (χ2v) is 5.13. The van der Waals surface area contributed by atoms with E-state index in [0.29, 0.717) is 11.9 Å². The summed E-state index contributed by atoms with van der Waals surface area (Å²) in [6, 6.07) is 0.681. The topological polar surface area (TPSA) is 32.3 Å². The molecule has 2 heterocycles. The molecule has 3 heteroatoms. The predicted molar refractivity (Wildman–Crippen MR) is 65.3 cm³/mol. The van der Waals surface area contributed by atoms with E-state index in [0.717, 1.165) is 25.9 Å². The number of amides is 1. The molecule has 3 nitrogen and oxygen atoms in total. The van der Waals surface area contributed by atoms with Crippen molar-refractivity contribution in [3.8, 4) is 0 Å². The summed E-state index contributed by atoms with van der Waals surface area (Å²) in [4.78, 5) is 13.8. The Kier molecular flexibility index (Phi) is 4.64. The molecular formula is C13H24N2O. The number of likely N-dealkylation sites (tertiary alicyclic amines) is 1. The van der Waals surface area contributed by atoms with Crippen LogP contribution in [0.4, 0.5) is 0 Å². The molecule has 1 amide bonds. The highest BCUT2D eigenvalue weighted by atomic mass is 16.2. The molecule has 2 aliphatic rings. The maximum Gasteiger partial charge on any atom is 0.222 e. The van der Waals surface area contributed by atoms with E-state index in [1.54, 1.807) is 0 Å². The molecule has 0 spiro atoms. The zero-order chi connectivity index (χ0) is 11.2. The molecule has 2 rings (SSSR count). The average Bonchev–Trinajstić information content (AvgIpc) is 2.84. The van der Waals surface area contributed by atoms with E-state index >= 15 is 0 Å². The summed E-state index contributed by atoms with van der Waals surface area (Å²) in [5.74, 6) is 0.383. The lowest BCUT2D eigenvalue weighted by molar-refractivity contribution is -0.130. The first-order valence-corrected chi connectivity index (χ1v) is 6.87. The Morgan fingerprint density at radius 2 is 2.00 bits per heavy atom. The van der Waals surface area contributed by atoms with E-state index in [4.69, 9.17) is 0 Å². The van der Waals surface area contributed by atoms with Gasteiger partial charge in [-0.05, 0) is 45.1 Å². The van der Waals surface area contributed by atoms with Crippen LogP contribution in [0.15, 0.2) is 0 Å². The van der Waals surface area contributed by atoms with Crippen LogP contribution in [-0.2, 0) is 4.79 Å². The van der Waals surface area contributed by atoms with Crippen LogP contribution in [0.3, 0.4) is 0 Å². The lowest BCUT2D eigenvalue weighted by Gasteiger charge is -2.23. The van der Waals surface area contributed by atoms with Gasteiger partial charge in [0.05, 0.1) is 0 Å². The average molecular weight is 224 g/mol. The molecule has 16 heavy (non-hydrogen) atoms. The summed E-state index contributed by atoms with van der Waals surface area (Å²) in [7, 11) is 0. The fraction of sp³-hybridized carbons (Fsp3) is 0.923. The van der Waals surface area contributed by atoms with Crippen LogP contribution in [-0.4, -0.2) is 36.5 Å². The predicted octanol–water partition coefficient (Wildman–Crippen LogP) is 1.92. The van der Waals surface area contributed by atoms with Gasteiger partial charge in [0.15, 0.2) is 0 Å². The van der Waals surface area contributed by atoms with Crippen molar-refractivity contribution in [2.75, 3.05) is 19.6 Å².